The number of aromatic nitrogens is 1. The lowest BCUT2D eigenvalue weighted by molar-refractivity contribution is -0.127. The number of anilines is 1. The van der Waals surface area contributed by atoms with Gasteiger partial charge in [0, 0.05) is 18.0 Å². The molecule has 9 heteroatoms. The summed E-state index contributed by atoms with van der Waals surface area (Å²) < 4.78 is 10.5. The first-order valence-electron chi connectivity index (χ1n) is 7.96. The van der Waals surface area contributed by atoms with E-state index in [1.54, 1.807) is 42.6 Å². The molecule has 0 radical (unpaired) electrons. The number of hydrogen-bond donors (Lipinski definition) is 1. The first-order chi connectivity index (χ1) is 13.1. The maximum Gasteiger partial charge on any atom is 0.294 e. The van der Waals surface area contributed by atoms with Crippen molar-refractivity contribution >= 4 is 40.6 Å². The zero-order valence-corrected chi connectivity index (χ0v) is 14.7. The second kappa shape index (κ2) is 7.12. The van der Waals surface area contributed by atoms with Crippen molar-refractivity contribution in [3.8, 4) is 11.5 Å². The number of nitrogens with one attached hydrogen (secondary N) is 1. The van der Waals surface area contributed by atoms with Gasteiger partial charge in [0.2, 0.25) is 12.7 Å². The van der Waals surface area contributed by atoms with Crippen LogP contribution in [0.5, 0.6) is 11.5 Å². The minimum Gasteiger partial charge on any atom is -0.454 e. The molecule has 0 spiro atoms. The molecule has 2 aliphatic heterocycles. The minimum absolute atomic E-state index is 0.131. The average Bonchev–Trinajstić information content (AvgIpc) is 3.22. The standard InChI is InChI=1S/C18H13N3O5S/c22-16(20-12-4-5-13-14(7-12)26-10-25-13)9-21-17(23)15(27-18(21)24)8-11-3-1-2-6-19-11/h1-8H,9-10H2,(H,20,22)/b15-8-. The molecule has 1 aromatic carbocycles. The maximum atomic E-state index is 12.4. The van der Waals surface area contributed by atoms with Crippen molar-refractivity contribution in [1.29, 1.82) is 0 Å². The number of thioether (sulfide) groups is 1. The van der Waals surface area contributed by atoms with Crippen molar-refractivity contribution in [3.63, 3.8) is 0 Å². The van der Waals surface area contributed by atoms with Crippen molar-refractivity contribution in [2.24, 2.45) is 0 Å². The molecular formula is C18H13N3O5S. The summed E-state index contributed by atoms with van der Waals surface area (Å²) in [7, 11) is 0. The molecule has 136 valence electrons. The molecule has 0 bridgehead atoms. The molecule has 1 N–H and O–H groups in total. The highest BCUT2D eigenvalue weighted by Crippen LogP contribution is 2.34. The number of imide groups is 1. The second-order valence-electron chi connectivity index (χ2n) is 5.64. The van der Waals surface area contributed by atoms with Crippen LogP contribution in [0.15, 0.2) is 47.5 Å². The number of hydrogen-bond acceptors (Lipinski definition) is 7. The quantitative estimate of drug-likeness (QED) is 0.810. The van der Waals surface area contributed by atoms with Gasteiger partial charge in [0.15, 0.2) is 11.5 Å². The molecule has 0 saturated carbocycles. The van der Waals surface area contributed by atoms with Crippen molar-refractivity contribution in [2.75, 3.05) is 18.7 Å². The fourth-order valence-electron chi connectivity index (χ4n) is 2.55. The zero-order chi connectivity index (χ0) is 18.8. The van der Waals surface area contributed by atoms with Crippen LogP contribution in [0.3, 0.4) is 0 Å². The Labute approximate surface area is 158 Å². The first kappa shape index (κ1) is 17.1. The van der Waals surface area contributed by atoms with Crippen LogP contribution in [-0.2, 0) is 9.59 Å². The van der Waals surface area contributed by atoms with Crippen LogP contribution in [0.1, 0.15) is 5.69 Å². The topological polar surface area (TPSA) is 97.8 Å². The maximum absolute atomic E-state index is 12.4. The molecule has 0 aliphatic carbocycles. The molecule has 27 heavy (non-hydrogen) atoms. The molecule has 3 amide bonds. The van der Waals surface area contributed by atoms with E-state index in [1.807, 2.05) is 0 Å². The Morgan fingerprint density at radius 3 is 2.89 bits per heavy atom. The van der Waals surface area contributed by atoms with Gasteiger partial charge in [-0.1, -0.05) is 6.07 Å². The fourth-order valence-corrected chi connectivity index (χ4v) is 3.37. The second-order valence-corrected chi connectivity index (χ2v) is 6.63. The molecule has 0 unspecified atom stereocenters. The highest BCUT2D eigenvalue weighted by molar-refractivity contribution is 8.18. The number of amides is 3. The van der Waals surface area contributed by atoms with E-state index in [4.69, 9.17) is 9.47 Å². The third-order valence-electron chi connectivity index (χ3n) is 3.80. The van der Waals surface area contributed by atoms with Gasteiger partial charge in [-0.3, -0.25) is 24.3 Å². The zero-order valence-electron chi connectivity index (χ0n) is 13.9. The van der Waals surface area contributed by atoms with Gasteiger partial charge in [-0.15, -0.1) is 0 Å². The predicted octanol–water partition coefficient (Wildman–Crippen LogP) is 2.49. The Morgan fingerprint density at radius 1 is 1.22 bits per heavy atom. The van der Waals surface area contributed by atoms with Crippen LogP contribution in [-0.4, -0.2) is 40.3 Å². The summed E-state index contributed by atoms with van der Waals surface area (Å²) in [6, 6.07) is 10.2. The van der Waals surface area contributed by atoms with E-state index >= 15 is 0 Å². The van der Waals surface area contributed by atoms with Gasteiger partial charge in [0.1, 0.15) is 6.54 Å². The SMILES string of the molecule is O=C(CN1C(=O)S/C(=C\c2ccccn2)C1=O)Nc1ccc2c(c1)OCO2. The Morgan fingerprint density at radius 2 is 2.07 bits per heavy atom. The summed E-state index contributed by atoms with van der Waals surface area (Å²) in [5.74, 6) is 0.114. The van der Waals surface area contributed by atoms with Crippen molar-refractivity contribution in [3.05, 3.63) is 53.2 Å². The van der Waals surface area contributed by atoms with E-state index in [1.165, 1.54) is 6.08 Å². The van der Waals surface area contributed by atoms with E-state index in [0.717, 1.165) is 16.7 Å². The van der Waals surface area contributed by atoms with Crippen LogP contribution >= 0.6 is 11.8 Å². The third kappa shape index (κ3) is 3.63. The molecule has 3 heterocycles. The van der Waals surface area contributed by atoms with E-state index < -0.39 is 17.1 Å². The van der Waals surface area contributed by atoms with Gasteiger partial charge in [0.25, 0.3) is 11.1 Å². The summed E-state index contributed by atoms with van der Waals surface area (Å²) in [4.78, 5) is 42.0. The summed E-state index contributed by atoms with van der Waals surface area (Å²) in [6.45, 7) is -0.245. The smallest absolute Gasteiger partial charge is 0.294 e. The van der Waals surface area contributed by atoms with Crippen LogP contribution < -0.4 is 14.8 Å². The van der Waals surface area contributed by atoms with Gasteiger partial charge in [-0.05, 0) is 42.1 Å². The highest BCUT2D eigenvalue weighted by Gasteiger charge is 2.36. The highest BCUT2D eigenvalue weighted by atomic mass is 32.2. The van der Waals surface area contributed by atoms with E-state index in [0.29, 0.717) is 22.9 Å². The number of carbonyl (C=O) groups excluding carboxylic acids is 3. The fraction of sp³-hybridized carbons (Fsp3) is 0.111. The van der Waals surface area contributed by atoms with E-state index in [2.05, 4.69) is 10.3 Å². The lowest BCUT2D eigenvalue weighted by Gasteiger charge is -2.12. The largest absolute Gasteiger partial charge is 0.454 e. The van der Waals surface area contributed by atoms with E-state index in [-0.39, 0.29) is 18.2 Å². The van der Waals surface area contributed by atoms with Crippen LogP contribution in [0.4, 0.5) is 10.5 Å². The Kier molecular flexibility index (Phi) is 4.51. The van der Waals surface area contributed by atoms with Crippen LogP contribution in [0.2, 0.25) is 0 Å². The molecule has 8 nitrogen and oxygen atoms in total. The molecule has 1 fully saturated rings. The van der Waals surface area contributed by atoms with E-state index in [9.17, 15) is 14.4 Å². The first-order valence-corrected chi connectivity index (χ1v) is 8.78. The average molecular weight is 383 g/mol. The number of pyridine rings is 1. The number of fused-ring (bicyclic) bond motifs is 1. The number of ether oxygens (including phenoxy) is 2. The summed E-state index contributed by atoms with van der Waals surface area (Å²) in [5.41, 5.74) is 1.05. The Balaban J connectivity index is 1.43. The molecule has 1 saturated heterocycles. The third-order valence-corrected chi connectivity index (χ3v) is 4.71. The van der Waals surface area contributed by atoms with Crippen LogP contribution in [0.25, 0.3) is 6.08 Å². The molecule has 2 aliphatic rings. The molecule has 0 atom stereocenters. The lowest BCUT2D eigenvalue weighted by atomic mass is 10.2. The summed E-state index contributed by atoms with van der Waals surface area (Å²) in [5, 5.41) is 2.15. The van der Waals surface area contributed by atoms with Crippen molar-refractivity contribution in [2.45, 2.75) is 0 Å². The van der Waals surface area contributed by atoms with Gasteiger partial charge < -0.3 is 14.8 Å². The lowest BCUT2D eigenvalue weighted by Crippen LogP contribution is -2.36. The Hall–Kier alpha value is -3.33. The van der Waals surface area contributed by atoms with Gasteiger partial charge in [0.05, 0.1) is 10.6 Å². The van der Waals surface area contributed by atoms with Gasteiger partial charge >= 0.3 is 0 Å². The molecule has 1 aromatic heterocycles. The number of carbonyl (C=O) groups is 3. The number of benzene rings is 1. The van der Waals surface area contributed by atoms with Gasteiger partial charge in [-0.2, -0.15) is 0 Å². The summed E-state index contributed by atoms with van der Waals surface area (Å²) >= 11 is 0.783. The van der Waals surface area contributed by atoms with Crippen molar-refractivity contribution in [1.82, 2.24) is 9.88 Å². The minimum atomic E-state index is -0.517. The van der Waals surface area contributed by atoms with Crippen LogP contribution in [0, 0.1) is 0 Å². The molecule has 4 rings (SSSR count). The molecular weight excluding hydrogens is 370 g/mol. The molecule has 2 aromatic rings. The normalized spacial score (nSPS) is 16.9. The summed E-state index contributed by atoms with van der Waals surface area (Å²) in [6.07, 6.45) is 3.12. The van der Waals surface area contributed by atoms with Gasteiger partial charge in [-0.25, -0.2) is 0 Å². The number of nitrogens with zero attached hydrogens (tertiary/aromatic N) is 2. The number of rotatable bonds is 4. The predicted molar refractivity (Wildman–Crippen MR) is 98.1 cm³/mol. The Bertz CT molecular complexity index is 961. The van der Waals surface area contributed by atoms with Crippen molar-refractivity contribution < 1.29 is 23.9 Å². The monoisotopic (exact) mass is 383 g/mol.